The van der Waals surface area contributed by atoms with E-state index in [0.29, 0.717) is 79.4 Å². The maximum absolute atomic E-state index is 13.4. The van der Waals surface area contributed by atoms with Gasteiger partial charge in [0.25, 0.3) is 0 Å². The van der Waals surface area contributed by atoms with Gasteiger partial charge in [-0.3, -0.25) is 0 Å². The van der Waals surface area contributed by atoms with Gasteiger partial charge in [-0.2, -0.15) is 9.48 Å². The summed E-state index contributed by atoms with van der Waals surface area (Å²) in [5.74, 6) is 2.92. The van der Waals surface area contributed by atoms with Crippen molar-refractivity contribution in [2.45, 2.75) is 38.9 Å². The zero-order valence-corrected chi connectivity index (χ0v) is 31.3. The third-order valence-corrected chi connectivity index (χ3v) is 10.8. The predicted molar refractivity (Wildman–Crippen MR) is 211 cm³/mol. The number of allylic oxidation sites excluding steroid dienone is 8. The highest BCUT2D eigenvalue weighted by Crippen LogP contribution is 2.41. The summed E-state index contributed by atoms with van der Waals surface area (Å²) in [7, 11) is 4.83. The Hall–Kier alpha value is -6.14. The fraction of sp³-hybridized carbons (Fsp3) is 0.302. The van der Waals surface area contributed by atoms with E-state index in [4.69, 9.17) is 29.4 Å². The monoisotopic (exact) mass is 743 g/mol. The lowest BCUT2D eigenvalue weighted by Crippen LogP contribution is -2.19. The Kier molecular flexibility index (Phi) is 9.98. The number of nitrogens with two attached hydrogens (primary N) is 1. The number of hydroxylamine groups is 2. The van der Waals surface area contributed by atoms with Crippen molar-refractivity contribution in [2.24, 2.45) is 17.6 Å². The van der Waals surface area contributed by atoms with Crippen molar-refractivity contribution < 1.29 is 33.2 Å². The van der Waals surface area contributed by atoms with E-state index < -0.39 is 0 Å². The van der Waals surface area contributed by atoms with Gasteiger partial charge in [0.2, 0.25) is 12.4 Å². The maximum atomic E-state index is 13.4. The van der Waals surface area contributed by atoms with Gasteiger partial charge in [0.1, 0.15) is 5.75 Å². The standard InChI is InChI=1S/C43H45N5O7/c1-51-35-13-9-30(10-14-35)32-12-16-37-34(20-32)23-46-27-41(43(53-3)39(46)25-48(37)50)55-18-4-17-54-40-26-45-22-33-19-31(29-7-5-28(21-44)6-8-29)11-15-36(33)47(49)24-38(45)42(40)52-2/h5-16,24-27,33-34H,4,17-23,44H2,1-3H3. The van der Waals surface area contributed by atoms with Crippen LogP contribution in [-0.2, 0) is 19.6 Å². The van der Waals surface area contributed by atoms with Crippen molar-refractivity contribution in [1.29, 1.82) is 0 Å². The van der Waals surface area contributed by atoms with Crippen LogP contribution in [0.15, 0.2) is 96.6 Å². The topological polar surface area (TPSA) is 134 Å². The number of hydrogen-bond donors (Lipinski definition) is 1. The van der Waals surface area contributed by atoms with E-state index in [1.165, 1.54) is 5.57 Å². The first kappa shape index (κ1) is 35.9. The molecular formula is C43H45N5O7. The molecule has 2 aliphatic carbocycles. The Balaban J connectivity index is 0.907. The van der Waals surface area contributed by atoms with Crippen LogP contribution in [0.2, 0.25) is 0 Å². The number of benzene rings is 2. The molecule has 4 heterocycles. The van der Waals surface area contributed by atoms with E-state index in [-0.39, 0.29) is 11.8 Å². The van der Waals surface area contributed by atoms with Gasteiger partial charge >= 0.3 is 0 Å². The largest absolute Gasteiger partial charge is 0.618 e. The molecule has 0 spiro atoms. The minimum Gasteiger partial charge on any atom is -0.618 e. The molecule has 12 nitrogen and oxygen atoms in total. The number of rotatable bonds is 12. The Bertz CT molecular complexity index is 2110. The molecule has 2 atom stereocenters. The number of ether oxygens (including phenoxy) is 5. The molecule has 2 aromatic carbocycles. The van der Waals surface area contributed by atoms with E-state index in [2.05, 4.69) is 12.1 Å². The Morgan fingerprint density at radius 1 is 0.655 bits per heavy atom. The fourth-order valence-corrected chi connectivity index (χ4v) is 7.94. The third kappa shape index (κ3) is 7.01. The van der Waals surface area contributed by atoms with Crippen molar-refractivity contribution >= 4 is 23.6 Å². The first-order valence-corrected chi connectivity index (χ1v) is 18.5. The van der Waals surface area contributed by atoms with Crippen LogP contribution in [-0.4, -0.2) is 65.6 Å². The highest BCUT2D eigenvalue weighted by atomic mass is 16.5. The van der Waals surface area contributed by atoms with Crippen molar-refractivity contribution in [2.75, 3.05) is 34.5 Å². The normalized spacial score (nSPS) is 18.6. The molecule has 2 N–H and O–H groups in total. The second-order valence-corrected chi connectivity index (χ2v) is 14.1. The first-order chi connectivity index (χ1) is 26.9. The van der Waals surface area contributed by atoms with Gasteiger partial charge in [-0.15, -0.1) is 0 Å². The van der Waals surface area contributed by atoms with Crippen molar-refractivity contribution in [3.8, 4) is 28.7 Å². The molecule has 0 fully saturated rings. The molecular weight excluding hydrogens is 699 g/mol. The van der Waals surface area contributed by atoms with Gasteiger partial charge in [-0.1, -0.05) is 48.6 Å². The molecule has 284 valence electrons. The summed E-state index contributed by atoms with van der Waals surface area (Å²) in [5, 5.41) is 26.7. The molecule has 2 unspecified atom stereocenters. The molecule has 12 heteroatoms. The molecule has 0 radical (unpaired) electrons. The minimum absolute atomic E-state index is 0.0197. The summed E-state index contributed by atoms with van der Waals surface area (Å²) in [6.07, 6.45) is 16.9. The van der Waals surface area contributed by atoms with Gasteiger partial charge in [0, 0.05) is 38.2 Å². The molecule has 8 rings (SSSR count). The van der Waals surface area contributed by atoms with E-state index in [9.17, 15) is 10.4 Å². The lowest BCUT2D eigenvalue weighted by Gasteiger charge is -2.22. The number of fused-ring (bicyclic) bond motifs is 4. The van der Waals surface area contributed by atoms with Crippen molar-refractivity contribution in [1.82, 2.24) is 9.13 Å². The van der Waals surface area contributed by atoms with Crippen molar-refractivity contribution in [3.05, 3.63) is 135 Å². The zero-order valence-electron chi connectivity index (χ0n) is 31.3. The Morgan fingerprint density at radius 3 is 1.56 bits per heavy atom. The molecule has 4 aromatic rings. The molecule has 2 aromatic heterocycles. The van der Waals surface area contributed by atoms with Crippen LogP contribution >= 0.6 is 0 Å². The lowest BCUT2D eigenvalue weighted by molar-refractivity contribution is -0.404. The molecule has 0 amide bonds. The quantitative estimate of drug-likeness (QED) is 0.0991. The van der Waals surface area contributed by atoms with Crippen LogP contribution in [0.25, 0.3) is 11.1 Å². The second-order valence-electron chi connectivity index (χ2n) is 14.1. The Morgan fingerprint density at radius 2 is 1.13 bits per heavy atom. The minimum atomic E-state index is -0.0259. The number of nitrogens with zero attached hydrogens (tertiary/aromatic N) is 4. The second kappa shape index (κ2) is 15.3. The molecule has 55 heavy (non-hydrogen) atoms. The number of aromatic nitrogens is 2. The number of methoxy groups -OCH3 is 3. The highest BCUT2D eigenvalue weighted by molar-refractivity contribution is 5.82. The third-order valence-electron chi connectivity index (χ3n) is 10.8. The zero-order chi connectivity index (χ0) is 38.1. The average molecular weight is 744 g/mol. The average Bonchev–Trinajstić information content (AvgIpc) is 3.61. The molecule has 0 bridgehead atoms. The van der Waals surface area contributed by atoms with E-state index in [1.54, 1.807) is 33.8 Å². The number of hydrogen-bond acceptors (Lipinski definition) is 8. The van der Waals surface area contributed by atoms with Gasteiger partial charge in [0.15, 0.2) is 45.8 Å². The summed E-state index contributed by atoms with van der Waals surface area (Å²) in [5.41, 5.74) is 14.2. The predicted octanol–water partition coefficient (Wildman–Crippen LogP) is 6.48. The molecule has 4 aliphatic rings. The Labute approximate surface area is 320 Å². The summed E-state index contributed by atoms with van der Waals surface area (Å²) >= 11 is 0. The van der Waals surface area contributed by atoms with Crippen LogP contribution in [0.1, 0.15) is 47.3 Å². The first-order valence-electron chi connectivity index (χ1n) is 18.5. The van der Waals surface area contributed by atoms with Crippen LogP contribution in [0.5, 0.6) is 28.7 Å². The fourth-order valence-electron chi connectivity index (χ4n) is 7.94. The van der Waals surface area contributed by atoms with Gasteiger partial charge in [-0.05, 0) is 52.8 Å². The van der Waals surface area contributed by atoms with E-state index in [0.717, 1.165) is 56.0 Å². The summed E-state index contributed by atoms with van der Waals surface area (Å²) in [6, 6.07) is 16.3. The summed E-state index contributed by atoms with van der Waals surface area (Å²) in [6.45, 7) is 2.41. The van der Waals surface area contributed by atoms with Crippen LogP contribution < -0.4 is 29.4 Å². The maximum Gasteiger partial charge on any atom is 0.208 e. The van der Waals surface area contributed by atoms with Crippen LogP contribution in [0, 0.1) is 22.3 Å². The summed E-state index contributed by atoms with van der Waals surface area (Å²) < 4.78 is 35.3. The van der Waals surface area contributed by atoms with Gasteiger partial charge in [-0.25, -0.2) is 0 Å². The molecule has 0 saturated heterocycles. The van der Waals surface area contributed by atoms with Crippen LogP contribution in [0.4, 0.5) is 0 Å². The molecule has 2 aliphatic heterocycles. The van der Waals surface area contributed by atoms with Crippen molar-refractivity contribution in [3.63, 3.8) is 0 Å². The van der Waals surface area contributed by atoms with Crippen LogP contribution in [0.3, 0.4) is 0 Å². The van der Waals surface area contributed by atoms with E-state index >= 15 is 0 Å². The highest BCUT2D eigenvalue weighted by Gasteiger charge is 2.34. The van der Waals surface area contributed by atoms with Gasteiger partial charge in [0.05, 0.1) is 58.8 Å². The SMILES string of the molecule is COc1ccc(C2=CC=C3C(C2)Cn2cc(OCCCOc4cn5c(c4OC)C=[N+]([O-])C4=CC=C(c6ccc(CN)cc6)CC4C5)c(OC)c2C=[N+]3[O-])cc1. The van der Waals surface area contributed by atoms with E-state index in [1.807, 2.05) is 82.2 Å². The lowest BCUT2D eigenvalue weighted by atomic mass is 9.87. The van der Waals surface area contributed by atoms with Gasteiger partial charge < -0.3 is 49.0 Å². The molecule has 0 saturated carbocycles. The smallest absolute Gasteiger partial charge is 0.208 e. The summed E-state index contributed by atoms with van der Waals surface area (Å²) in [4.78, 5) is 0.